The van der Waals surface area contributed by atoms with Crippen molar-refractivity contribution in [2.24, 2.45) is 0 Å². The van der Waals surface area contributed by atoms with Crippen molar-refractivity contribution in [3.05, 3.63) is 53.1 Å². The van der Waals surface area contributed by atoms with E-state index in [1.54, 1.807) is 18.2 Å². The number of H-pyrrole nitrogens is 1. The van der Waals surface area contributed by atoms with E-state index in [0.717, 1.165) is 0 Å². The molecule has 0 aliphatic heterocycles. The fourth-order valence-corrected chi connectivity index (χ4v) is 2.05. The van der Waals surface area contributed by atoms with Crippen molar-refractivity contribution in [2.75, 3.05) is 6.61 Å². The Morgan fingerprint density at radius 2 is 2.05 bits per heavy atom. The van der Waals surface area contributed by atoms with Crippen molar-refractivity contribution in [3.63, 3.8) is 0 Å². The average molecular weight is 291 g/mol. The fraction of sp³-hybridized carbons (Fsp3) is 0.143. The molecule has 3 rings (SSSR count). The highest BCUT2D eigenvalue weighted by Crippen LogP contribution is 2.16. The third-order valence-corrected chi connectivity index (χ3v) is 2.93. The second kappa shape index (κ2) is 5.35. The maximum Gasteiger partial charge on any atom is 0.331 e. The van der Waals surface area contributed by atoms with Crippen LogP contribution in [0.5, 0.6) is 5.88 Å². The molecule has 0 radical (unpaired) electrons. The van der Waals surface area contributed by atoms with Crippen molar-refractivity contribution in [1.29, 1.82) is 0 Å². The standard InChI is InChI=1S/C14H11F2N3O2/c15-12(16)8-21-13-6-5-9(7-17-13)19-11-4-2-1-3-10(11)18-14(19)20/h1-7,12H,8H2,(H,18,20). The van der Waals surface area contributed by atoms with E-state index in [1.807, 2.05) is 12.1 Å². The van der Waals surface area contributed by atoms with Crippen LogP contribution in [0.1, 0.15) is 0 Å². The molecule has 5 nitrogen and oxygen atoms in total. The van der Waals surface area contributed by atoms with Crippen molar-refractivity contribution < 1.29 is 13.5 Å². The molecule has 1 aromatic carbocycles. The smallest absolute Gasteiger partial charge is 0.331 e. The lowest BCUT2D eigenvalue weighted by Crippen LogP contribution is -2.15. The molecule has 0 bridgehead atoms. The molecule has 2 heterocycles. The van der Waals surface area contributed by atoms with Crippen molar-refractivity contribution in [2.45, 2.75) is 6.43 Å². The summed E-state index contributed by atoms with van der Waals surface area (Å²) >= 11 is 0. The number of nitrogens with zero attached hydrogens (tertiary/aromatic N) is 2. The third-order valence-electron chi connectivity index (χ3n) is 2.93. The van der Waals surface area contributed by atoms with Crippen molar-refractivity contribution in [1.82, 2.24) is 14.5 Å². The first-order valence-corrected chi connectivity index (χ1v) is 6.22. The summed E-state index contributed by atoms with van der Waals surface area (Å²) in [6.07, 6.45) is -1.15. The Labute approximate surface area is 117 Å². The van der Waals surface area contributed by atoms with Gasteiger partial charge in [-0.05, 0) is 18.2 Å². The van der Waals surface area contributed by atoms with Crippen LogP contribution in [0.3, 0.4) is 0 Å². The van der Waals surface area contributed by atoms with Gasteiger partial charge in [-0.2, -0.15) is 0 Å². The number of imidazole rings is 1. The quantitative estimate of drug-likeness (QED) is 0.802. The number of pyridine rings is 1. The number of para-hydroxylation sites is 2. The predicted octanol–water partition coefficient (Wildman–Crippen LogP) is 2.36. The lowest BCUT2D eigenvalue weighted by Gasteiger charge is -2.06. The molecule has 0 spiro atoms. The number of hydrogen-bond donors (Lipinski definition) is 1. The minimum Gasteiger partial charge on any atom is -0.472 e. The van der Waals surface area contributed by atoms with Crippen LogP contribution in [-0.4, -0.2) is 27.6 Å². The van der Waals surface area contributed by atoms with E-state index < -0.39 is 13.0 Å². The van der Waals surface area contributed by atoms with E-state index >= 15 is 0 Å². The second-order valence-corrected chi connectivity index (χ2v) is 4.34. The first kappa shape index (κ1) is 13.3. The number of halogens is 2. The van der Waals surface area contributed by atoms with E-state index in [2.05, 4.69) is 9.97 Å². The van der Waals surface area contributed by atoms with Gasteiger partial charge in [0.2, 0.25) is 5.88 Å². The Morgan fingerprint density at radius 3 is 2.76 bits per heavy atom. The Morgan fingerprint density at radius 1 is 1.24 bits per heavy atom. The molecular formula is C14H11F2N3O2. The molecule has 108 valence electrons. The van der Waals surface area contributed by atoms with Crippen molar-refractivity contribution >= 4 is 11.0 Å². The van der Waals surface area contributed by atoms with Gasteiger partial charge in [-0.3, -0.25) is 4.57 Å². The number of hydrogen-bond acceptors (Lipinski definition) is 3. The van der Waals surface area contributed by atoms with Crippen LogP contribution >= 0.6 is 0 Å². The molecule has 7 heteroatoms. The van der Waals surface area contributed by atoms with Gasteiger partial charge in [0.05, 0.1) is 22.9 Å². The summed E-state index contributed by atoms with van der Waals surface area (Å²) in [6, 6.07) is 10.3. The van der Waals surface area contributed by atoms with Gasteiger partial charge >= 0.3 is 5.69 Å². The van der Waals surface area contributed by atoms with Crippen LogP contribution in [0, 0.1) is 0 Å². The second-order valence-electron chi connectivity index (χ2n) is 4.34. The summed E-state index contributed by atoms with van der Waals surface area (Å²) in [6.45, 7) is -0.709. The van der Waals surface area contributed by atoms with E-state index in [9.17, 15) is 13.6 Å². The van der Waals surface area contributed by atoms with Gasteiger partial charge in [-0.1, -0.05) is 12.1 Å². The molecule has 0 unspecified atom stereocenters. The van der Waals surface area contributed by atoms with Crippen LogP contribution < -0.4 is 10.4 Å². The molecule has 0 saturated heterocycles. The molecular weight excluding hydrogens is 280 g/mol. The highest BCUT2D eigenvalue weighted by atomic mass is 19.3. The zero-order valence-electron chi connectivity index (χ0n) is 10.8. The lowest BCUT2D eigenvalue weighted by atomic mass is 10.3. The maximum absolute atomic E-state index is 12.0. The molecule has 2 aromatic heterocycles. The molecule has 0 saturated carbocycles. The molecule has 1 N–H and O–H groups in total. The van der Waals surface area contributed by atoms with Gasteiger partial charge in [0, 0.05) is 6.07 Å². The van der Waals surface area contributed by atoms with E-state index in [1.165, 1.54) is 16.8 Å². The van der Waals surface area contributed by atoms with Gasteiger partial charge in [-0.25, -0.2) is 18.6 Å². The molecule has 0 amide bonds. The van der Waals surface area contributed by atoms with Crippen LogP contribution in [0.25, 0.3) is 16.7 Å². The van der Waals surface area contributed by atoms with Crippen LogP contribution in [0.4, 0.5) is 8.78 Å². The van der Waals surface area contributed by atoms with Gasteiger partial charge in [0.1, 0.15) is 0 Å². The number of ether oxygens (including phenoxy) is 1. The number of nitrogens with one attached hydrogen (secondary N) is 1. The number of fused-ring (bicyclic) bond motifs is 1. The molecule has 0 atom stereocenters. The molecule has 0 fully saturated rings. The number of alkyl halides is 2. The van der Waals surface area contributed by atoms with Crippen molar-refractivity contribution in [3.8, 4) is 11.6 Å². The summed E-state index contributed by atoms with van der Waals surface area (Å²) in [5.74, 6) is 0.0898. The van der Waals surface area contributed by atoms with Crippen LogP contribution in [-0.2, 0) is 0 Å². The molecule has 0 aliphatic rings. The minimum atomic E-state index is -2.55. The minimum absolute atomic E-state index is 0.0898. The van der Waals surface area contributed by atoms with Gasteiger partial charge < -0.3 is 9.72 Å². The van der Waals surface area contributed by atoms with E-state index in [4.69, 9.17) is 4.74 Å². The number of aromatic amines is 1. The first-order valence-electron chi connectivity index (χ1n) is 6.22. The van der Waals surface area contributed by atoms with E-state index in [-0.39, 0.29) is 11.6 Å². The number of rotatable bonds is 4. The van der Waals surface area contributed by atoms with Crippen LogP contribution in [0.15, 0.2) is 47.4 Å². The Kier molecular flexibility index (Phi) is 3.39. The number of aromatic nitrogens is 3. The summed E-state index contributed by atoms with van der Waals surface area (Å²) in [5, 5.41) is 0. The molecule has 0 aliphatic carbocycles. The SMILES string of the molecule is O=c1[nH]c2ccccc2n1-c1ccc(OCC(F)F)nc1. The normalized spacial score (nSPS) is 11.2. The van der Waals surface area contributed by atoms with Gasteiger partial charge in [0.25, 0.3) is 6.43 Å². The zero-order chi connectivity index (χ0) is 14.8. The Balaban J connectivity index is 1.96. The summed E-state index contributed by atoms with van der Waals surface area (Å²) < 4.78 is 30.4. The summed E-state index contributed by atoms with van der Waals surface area (Å²) in [7, 11) is 0. The highest BCUT2D eigenvalue weighted by molar-refractivity contribution is 5.77. The topological polar surface area (TPSA) is 59.9 Å². The molecule has 3 aromatic rings. The fourth-order valence-electron chi connectivity index (χ4n) is 2.05. The average Bonchev–Trinajstić information content (AvgIpc) is 2.81. The Bertz CT molecular complexity index is 809. The number of benzene rings is 1. The van der Waals surface area contributed by atoms with E-state index in [0.29, 0.717) is 16.7 Å². The zero-order valence-corrected chi connectivity index (χ0v) is 10.8. The van der Waals surface area contributed by atoms with Gasteiger partial charge in [0.15, 0.2) is 6.61 Å². The monoisotopic (exact) mass is 291 g/mol. The molecule has 21 heavy (non-hydrogen) atoms. The predicted molar refractivity (Wildman–Crippen MR) is 73.2 cm³/mol. The largest absolute Gasteiger partial charge is 0.472 e. The summed E-state index contributed by atoms with van der Waals surface area (Å²) in [4.78, 5) is 18.6. The summed E-state index contributed by atoms with van der Waals surface area (Å²) in [5.41, 5.74) is 1.66. The third kappa shape index (κ3) is 2.62. The lowest BCUT2D eigenvalue weighted by molar-refractivity contribution is 0.0796. The van der Waals surface area contributed by atoms with Crippen LogP contribution in [0.2, 0.25) is 0 Å². The highest BCUT2D eigenvalue weighted by Gasteiger charge is 2.09. The van der Waals surface area contributed by atoms with Gasteiger partial charge in [-0.15, -0.1) is 0 Å². The first-order chi connectivity index (χ1) is 10.1. The Hall–Kier alpha value is -2.70. The maximum atomic E-state index is 12.0.